The van der Waals surface area contributed by atoms with E-state index in [0.717, 1.165) is 18.2 Å². The Morgan fingerprint density at radius 2 is 1.76 bits per heavy atom. The summed E-state index contributed by atoms with van der Waals surface area (Å²) < 4.78 is 38.8. The molecule has 1 heterocycles. The van der Waals surface area contributed by atoms with Gasteiger partial charge in [-0.05, 0) is 30.9 Å². The van der Waals surface area contributed by atoms with Crippen LogP contribution in [0, 0.1) is 0 Å². The van der Waals surface area contributed by atoms with Crippen molar-refractivity contribution in [2.75, 3.05) is 0 Å². The first-order chi connectivity index (χ1) is 9.93. The smallest absolute Gasteiger partial charge is 0.302 e. The highest BCUT2D eigenvalue weighted by Crippen LogP contribution is 2.32. The van der Waals surface area contributed by atoms with E-state index >= 15 is 0 Å². The molecule has 0 saturated heterocycles. The minimum absolute atomic E-state index is 0.188. The Balaban J connectivity index is 2.22. The lowest BCUT2D eigenvalue weighted by Crippen LogP contribution is -2.12. The van der Waals surface area contributed by atoms with Crippen molar-refractivity contribution in [1.82, 2.24) is 10.2 Å². The number of hydrogen-bond acceptors (Lipinski definition) is 1. The summed E-state index contributed by atoms with van der Waals surface area (Å²) in [6, 6.07) is 5.49. The van der Waals surface area contributed by atoms with Crippen molar-refractivity contribution < 1.29 is 13.2 Å². The van der Waals surface area contributed by atoms with E-state index < -0.39 is 11.7 Å². The molecule has 6 heteroatoms. The Bertz CT molecular complexity index is 655. The first-order valence-electron chi connectivity index (χ1n) is 6.87. The fraction of sp³-hybridized carbons (Fsp3) is 0.400. The molecule has 0 radical (unpaired) electrons. The van der Waals surface area contributed by atoms with Gasteiger partial charge in [-0.25, -0.2) is 0 Å². The molecule has 2 N–H and O–H groups in total. The third-order valence-electron chi connectivity index (χ3n) is 3.43. The molecule has 1 aromatic heterocycles. The maximum atomic E-state index is 12.9. The zero-order chi connectivity index (χ0) is 15.5. The average molecular weight is 298 g/mol. The van der Waals surface area contributed by atoms with Gasteiger partial charge in [0, 0.05) is 11.3 Å². The summed E-state index contributed by atoms with van der Waals surface area (Å²) in [6.07, 6.45) is -2.32. The number of aromatic nitrogens is 2. The normalized spacial score (nSPS) is 11.8. The van der Waals surface area contributed by atoms with Gasteiger partial charge >= 0.3 is 6.18 Å². The van der Waals surface area contributed by atoms with Crippen LogP contribution in [0.1, 0.15) is 35.7 Å². The van der Waals surface area contributed by atoms with Gasteiger partial charge in [-0.1, -0.05) is 31.5 Å². The van der Waals surface area contributed by atoms with Gasteiger partial charge in [-0.15, -0.1) is 0 Å². The van der Waals surface area contributed by atoms with Crippen molar-refractivity contribution >= 4 is 0 Å². The average Bonchev–Trinajstić information content (AvgIpc) is 2.77. The summed E-state index contributed by atoms with van der Waals surface area (Å²) in [7, 11) is 0. The van der Waals surface area contributed by atoms with Crippen molar-refractivity contribution in [2.24, 2.45) is 0 Å². The Labute approximate surface area is 120 Å². The lowest BCUT2D eigenvalue weighted by Gasteiger charge is -2.12. The minimum atomic E-state index is -4.37. The summed E-state index contributed by atoms with van der Waals surface area (Å²) in [6.45, 7) is 1.98. The molecule has 0 unspecified atom stereocenters. The third kappa shape index (κ3) is 3.56. The molecule has 21 heavy (non-hydrogen) atoms. The van der Waals surface area contributed by atoms with Crippen LogP contribution in [0.5, 0.6) is 0 Å². The highest BCUT2D eigenvalue weighted by atomic mass is 19.4. The maximum Gasteiger partial charge on any atom is 0.416 e. The van der Waals surface area contributed by atoms with Crippen molar-refractivity contribution in [3.63, 3.8) is 0 Å². The standard InChI is InChI=1S/C15H17F3N2O/c1-2-5-13-11(14(21)20-19-13)9-8-10-6-3-4-7-12(10)15(16,17)18/h3-4,6-7H,2,5,8-9H2,1H3,(H2,19,20,21). The molecule has 114 valence electrons. The molecule has 2 rings (SSSR count). The Morgan fingerprint density at radius 1 is 1.05 bits per heavy atom. The number of rotatable bonds is 5. The van der Waals surface area contributed by atoms with Crippen LogP contribution >= 0.6 is 0 Å². The van der Waals surface area contributed by atoms with Crippen molar-refractivity contribution in [3.8, 4) is 0 Å². The van der Waals surface area contributed by atoms with E-state index in [1.54, 1.807) is 6.07 Å². The molecular weight excluding hydrogens is 281 g/mol. The number of aromatic amines is 2. The van der Waals surface area contributed by atoms with Gasteiger partial charge in [0.2, 0.25) is 0 Å². The Morgan fingerprint density at radius 3 is 2.43 bits per heavy atom. The zero-order valence-corrected chi connectivity index (χ0v) is 11.7. The van der Waals surface area contributed by atoms with Crippen LogP contribution in [-0.4, -0.2) is 10.2 Å². The number of halogens is 3. The highest BCUT2D eigenvalue weighted by molar-refractivity contribution is 5.31. The van der Waals surface area contributed by atoms with Gasteiger partial charge in [0.15, 0.2) is 0 Å². The molecule has 0 spiro atoms. The van der Waals surface area contributed by atoms with Crippen LogP contribution < -0.4 is 5.56 Å². The number of alkyl halides is 3. The van der Waals surface area contributed by atoms with Crippen LogP contribution in [-0.2, 0) is 25.4 Å². The Kier molecular flexibility index (Phi) is 4.55. The molecular formula is C15H17F3N2O. The predicted molar refractivity (Wildman–Crippen MR) is 74.3 cm³/mol. The number of hydrogen-bond donors (Lipinski definition) is 2. The summed E-state index contributed by atoms with van der Waals surface area (Å²) in [5.41, 5.74) is 0.672. The van der Waals surface area contributed by atoms with Crippen LogP contribution in [0.3, 0.4) is 0 Å². The number of nitrogens with one attached hydrogen (secondary N) is 2. The molecule has 1 aromatic carbocycles. The molecule has 0 saturated carbocycles. The van der Waals surface area contributed by atoms with E-state index in [4.69, 9.17) is 0 Å². The predicted octanol–water partition coefficient (Wildman–Crippen LogP) is 3.46. The molecule has 0 aliphatic carbocycles. The SMILES string of the molecule is CCCc1[nH][nH]c(=O)c1CCc1ccccc1C(F)(F)F. The van der Waals surface area contributed by atoms with Gasteiger partial charge in [-0.2, -0.15) is 13.2 Å². The minimum Gasteiger partial charge on any atom is -0.302 e. The van der Waals surface area contributed by atoms with Crippen LogP contribution in [0.15, 0.2) is 29.1 Å². The third-order valence-corrected chi connectivity index (χ3v) is 3.43. The topological polar surface area (TPSA) is 48.6 Å². The molecule has 3 nitrogen and oxygen atoms in total. The lowest BCUT2D eigenvalue weighted by molar-refractivity contribution is -0.138. The summed E-state index contributed by atoms with van der Waals surface area (Å²) in [5, 5.41) is 5.30. The molecule has 0 amide bonds. The van der Waals surface area contributed by atoms with E-state index in [-0.39, 0.29) is 17.5 Å². The van der Waals surface area contributed by atoms with Gasteiger partial charge in [-0.3, -0.25) is 9.89 Å². The van der Waals surface area contributed by atoms with E-state index in [2.05, 4.69) is 10.2 Å². The van der Waals surface area contributed by atoms with E-state index in [9.17, 15) is 18.0 Å². The van der Waals surface area contributed by atoms with Crippen LogP contribution in [0.25, 0.3) is 0 Å². The van der Waals surface area contributed by atoms with E-state index in [1.807, 2.05) is 6.92 Å². The molecule has 0 fully saturated rings. The summed E-state index contributed by atoms with van der Waals surface area (Å²) in [4.78, 5) is 11.7. The van der Waals surface area contributed by atoms with E-state index in [1.165, 1.54) is 12.1 Å². The molecule has 2 aromatic rings. The summed E-state index contributed by atoms with van der Waals surface area (Å²) >= 11 is 0. The van der Waals surface area contributed by atoms with Gasteiger partial charge in [0.05, 0.1) is 5.56 Å². The second-order valence-electron chi connectivity index (χ2n) is 4.94. The first-order valence-corrected chi connectivity index (χ1v) is 6.87. The largest absolute Gasteiger partial charge is 0.416 e. The number of benzene rings is 1. The highest BCUT2D eigenvalue weighted by Gasteiger charge is 2.32. The van der Waals surface area contributed by atoms with Crippen molar-refractivity contribution in [3.05, 3.63) is 57.0 Å². The van der Waals surface area contributed by atoms with Crippen LogP contribution in [0.4, 0.5) is 13.2 Å². The zero-order valence-electron chi connectivity index (χ0n) is 11.7. The van der Waals surface area contributed by atoms with Crippen LogP contribution in [0.2, 0.25) is 0 Å². The number of aryl methyl sites for hydroxylation is 2. The summed E-state index contributed by atoms with van der Waals surface area (Å²) in [5.74, 6) is 0. The first kappa shape index (κ1) is 15.4. The fourth-order valence-electron chi connectivity index (χ4n) is 2.42. The van der Waals surface area contributed by atoms with Gasteiger partial charge < -0.3 is 5.10 Å². The molecule has 0 aliphatic rings. The Hall–Kier alpha value is -1.98. The van der Waals surface area contributed by atoms with Gasteiger partial charge in [0.1, 0.15) is 0 Å². The second kappa shape index (κ2) is 6.20. The van der Waals surface area contributed by atoms with E-state index in [0.29, 0.717) is 18.4 Å². The molecule has 0 bridgehead atoms. The number of H-pyrrole nitrogens is 2. The molecule has 0 aliphatic heterocycles. The quantitative estimate of drug-likeness (QED) is 0.872. The maximum absolute atomic E-state index is 12.9. The molecule has 0 atom stereocenters. The monoisotopic (exact) mass is 298 g/mol. The second-order valence-corrected chi connectivity index (χ2v) is 4.94. The van der Waals surface area contributed by atoms with Gasteiger partial charge in [0.25, 0.3) is 5.56 Å². The van der Waals surface area contributed by atoms with Crippen molar-refractivity contribution in [2.45, 2.75) is 38.8 Å². The lowest BCUT2D eigenvalue weighted by atomic mass is 9.99. The van der Waals surface area contributed by atoms with Crippen molar-refractivity contribution in [1.29, 1.82) is 0 Å². The fourth-order valence-corrected chi connectivity index (χ4v) is 2.42.